The van der Waals surface area contributed by atoms with Gasteiger partial charge >= 0.3 is 0 Å². The number of nitrogens with one attached hydrogen (secondary N) is 1. The number of hydrogen-bond donors (Lipinski definition) is 1. The van der Waals surface area contributed by atoms with Gasteiger partial charge in [0.1, 0.15) is 4.38 Å². The lowest BCUT2D eigenvalue weighted by Gasteiger charge is -2.29. The maximum Gasteiger partial charge on any atom is 0.230 e. The number of carbonyl (C=O) groups is 1. The number of carbonyl (C=O) groups excluding carboxylic acids is 1. The molecule has 0 aromatic heterocycles. The van der Waals surface area contributed by atoms with Crippen LogP contribution in [0.4, 0.5) is 5.69 Å². The van der Waals surface area contributed by atoms with E-state index in [-0.39, 0.29) is 5.91 Å². The Bertz CT molecular complexity index is 574. The molecule has 1 saturated carbocycles. The molecule has 0 spiro atoms. The van der Waals surface area contributed by atoms with Crippen molar-refractivity contribution in [1.82, 2.24) is 5.32 Å². The minimum absolute atomic E-state index is 0.144. The highest BCUT2D eigenvalue weighted by Gasteiger charge is 2.23. The maximum atomic E-state index is 12.1. The van der Waals surface area contributed by atoms with Gasteiger partial charge in [-0.2, -0.15) is 0 Å². The van der Waals surface area contributed by atoms with Crippen molar-refractivity contribution in [2.45, 2.75) is 44.4 Å². The van der Waals surface area contributed by atoms with Crippen LogP contribution in [0.15, 0.2) is 29.3 Å². The van der Waals surface area contributed by atoms with Crippen LogP contribution in [0.2, 0.25) is 0 Å². The molecule has 1 heterocycles. The predicted molar refractivity (Wildman–Crippen MR) is 96.9 cm³/mol. The molecule has 2 aliphatic rings. The number of rotatable bonds is 3. The van der Waals surface area contributed by atoms with E-state index in [4.69, 9.17) is 0 Å². The Labute approximate surface area is 140 Å². The predicted octanol–water partition coefficient (Wildman–Crippen LogP) is 4.35. The van der Waals surface area contributed by atoms with Crippen LogP contribution in [-0.2, 0) is 10.5 Å². The van der Waals surface area contributed by atoms with E-state index < -0.39 is 0 Å². The molecule has 0 unspecified atom stereocenters. The van der Waals surface area contributed by atoms with Gasteiger partial charge in [0.2, 0.25) is 5.91 Å². The number of amides is 1. The topological polar surface area (TPSA) is 41.5 Å². The minimum atomic E-state index is 0.144. The highest BCUT2D eigenvalue weighted by atomic mass is 32.2. The third-order valence-corrected chi connectivity index (χ3v) is 6.58. The summed E-state index contributed by atoms with van der Waals surface area (Å²) in [7, 11) is 0. The second-order valence-corrected chi connectivity index (χ2v) is 8.21. The van der Waals surface area contributed by atoms with E-state index in [9.17, 15) is 4.79 Å². The first kappa shape index (κ1) is 15.9. The van der Waals surface area contributed by atoms with Gasteiger partial charge in [0, 0.05) is 11.8 Å². The summed E-state index contributed by atoms with van der Waals surface area (Å²) in [6.45, 7) is 2.25. The van der Waals surface area contributed by atoms with Crippen LogP contribution >= 0.6 is 23.5 Å². The van der Waals surface area contributed by atoms with Crippen molar-refractivity contribution >= 4 is 39.5 Å². The van der Waals surface area contributed by atoms with E-state index >= 15 is 0 Å². The average Bonchev–Trinajstić information content (AvgIpc) is 2.55. The summed E-state index contributed by atoms with van der Waals surface area (Å²) in [6.07, 6.45) is 4.90. The van der Waals surface area contributed by atoms with E-state index in [1.165, 1.54) is 24.8 Å². The van der Waals surface area contributed by atoms with Crippen LogP contribution in [0.3, 0.4) is 0 Å². The summed E-state index contributed by atoms with van der Waals surface area (Å²) in [6, 6.07) is 8.58. The summed E-state index contributed by atoms with van der Waals surface area (Å²) < 4.78 is 1.01. The molecule has 0 saturated heterocycles. The number of para-hydroxylation sites is 1. The van der Waals surface area contributed by atoms with Crippen molar-refractivity contribution in [2.75, 3.05) is 5.75 Å². The summed E-state index contributed by atoms with van der Waals surface area (Å²) in [5, 5.41) is 3.20. The van der Waals surface area contributed by atoms with Crippen molar-refractivity contribution in [1.29, 1.82) is 0 Å². The van der Waals surface area contributed by atoms with Crippen molar-refractivity contribution in [3.63, 3.8) is 0 Å². The second kappa shape index (κ2) is 7.55. The monoisotopic (exact) mass is 334 g/mol. The fourth-order valence-electron chi connectivity index (χ4n) is 2.99. The fraction of sp³-hybridized carbons (Fsp3) is 0.529. The van der Waals surface area contributed by atoms with Gasteiger partial charge in [-0.25, -0.2) is 4.99 Å². The molecule has 1 amide bonds. The fourth-order valence-corrected chi connectivity index (χ4v) is 4.87. The largest absolute Gasteiger partial charge is 0.352 e. The van der Waals surface area contributed by atoms with E-state index in [2.05, 4.69) is 23.3 Å². The zero-order chi connectivity index (χ0) is 15.4. The molecule has 3 rings (SSSR count). The van der Waals surface area contributed by atoms with Gasteiger partial charge in [0.15, 0.2) is 0 Å². The van der Waals surface area contributed by atoms with E-state index in [1.807, 2.05) is 18.2 Å². The summed E-state index contributed by atoms with van der Waals surface area (Å²) in [4.78, 5) is 16.8. The zero-order valence-electron chi connectivity index (χ0n) is 12.9. The Balaban J connectivity index is 1.50. The highest BCUT2D eigenvalue weighted by molar-refractivity contribution is 8.38. The number of nitrogens with zero attached hydrogens (tertiary/aromatic N) is 1. The number of aliphatic imine (C=N–C) groups is 1. The molecule has 1 N–H and O–H groups in total. The molecule has 118 valence electrons. The molecule has 0 radical (unpaired) electrons. The Morgan fingerprint density at radius 3 is 3.05 bits per heavy atom. The molecule has 1 fully saturated rings. The molecule has 0 bridgehead atoms. The number of thioether (sulfide) groups is 2. The number of benzene rings is 1. The van der Waals surface area contributed by atoms with Crippen LogP contribution in [0, 0.1) is 5.92 Å². The Hall–Kier alpha value is -0.940. The van der Waals surface area contributed by atoms with E-state index in [1.54, 1.807) is 23.5 Å². The first-order chi connectivity index (χ1) is 10.7. The lowest BCUT2D eigenvalue weighted by Crippen LogP contribution is -2.41. The van der Waals surface area contributed by atoms with Crippen LogP contribution in [-0.4, -0.2) is 22.1 Å². The van der Waals surface area contributed by atoms with Gasteiger partial charge < -0.3 is 5.32 Å². The van der Waals surface area contributed by atoms with Crippen LogP contribution < -0.4 is 5.32 Å². The first-order valence-corrected chi connectivity index (χ1v) is 9.91. The molecule has 1 aliphatic carbocycles. The van der Waals surface area contributed by atoms with Crippen molar-refractivity contribution in [3.8, 4) is 0 Å². The van der Waals surface area contributed by atoms with E-state index in [0.29, 0.717) is 17.7 Å². The molecular formula is C17H22N2OS2. The maximum absolute atomic E-state index is 12.1. The average molecular weight is 335 g/mol. The van der Waals surface area contributed by atoms with Crippen molar-refractivity contribution in [2.24, 2.45) is 10.9 Å². The Morgan fingerprint density at radius 2 is 2.18 bits per heavy atom. The molecule has 5 heteroatoms. The zero-order valence-corrected chi connectivity index (χ0v) is 14.5. The quantitative estimate of drug-likeness (QED) is 0.893. The van der Waals surface area contributed by atoms with Gasteiger partial charge in [-0.1, -0.05) is 61.5 Å². The van der Waals surface area contributed by atoms with Gasteiger partial charge in [-0.05, 0) is 30.4 Å². The SMILES string of the molecule is C[C@@H]1CCCC[C@H]1NC(=O)CSC1=Nc2ccccc2CS1. The first-order valence-electron chi connectivity index (χ1n) is 7.94. The molecule has 1 aromatic rings. The molecule has 1 aliphatic heterocycles. The summed E-state index contributed by atoms with van der Waals surface area (Å²) in [5.74, 6) is 2.17. The van der Waals surface area contributed by atoms with Gasteiger partial charge in [0.25, 0.3) is 0 Å². The summed E-state index contributed by atoms with van der Waals surface area (Å²) in [5.41, 5.74) is 2.32. The normalized spacial score (nSPS) is 24.3. The number of hydrogen-bond acceptors (Lipinski definition) is 4. The van der Waals surface area contributed by atoms with Gasteiger partial charge in [-0.3, -0.25) is 4.79 Å². The van der Waals surface area contributed by atoms with E-state index in [0.717, 1.165) is 22.2 Å². The van der Waals surface area contributed by atoms with Gasteiger partial charge in [0.05, 0.1) is 11.4 Å². The Kier molecular flexibility index (Phi) is 5.47. The third kappa shape index (κ3) is 4.07. The summed E-state index contributed by atoms with van der Waals surface area (Å²) >= 11 is 3.29. The van der Waals surface area contributed by atoms with Crippen LogP contribution in [0.25, 0.3) is 0 Å². The second-order valence-electron chi connectivity index (χ2n) is 6.02. The van der Waals surface area contributed by atoms with Crippen LogP contribution in [0.1, 0.15) is 38.2 Å². The Morgan fingerprint density at radius 1 is 1.36 bits per heavy atom. The van der Waals surface area contributed by atoms with Crippen molar-refractivity contribution < 1.29 is 4.79 Å². The number of fused-ring (bicyclic) bond motifs is 1. The molecular weight excluding hydrogens is 312 g/mol. The van der Waals surface area contributed by atoms with Gasteiger partial charge in [-0.15, -0.1) is 0 Å². The minimum Gasteiger partial charge on any atom is -0.352 e. The highest BCUT2D eigenvalue weighted by Crippen LogP contribution is 2.34. The third-order valence-electron chi connectivity index (χ3n) is 4.34. The molecule has 2 atom stereocenters. The standard InChI is InChI=1S/C17H22N2OS2/c1-12-6-2-4-8-14(12)18-16(20)11-22-17-19-15-9-5-3-7-13(15)10-21-17/h3,5,7,9,12,14H,2,4,6,8,10-11H2,1H3,(H,18,20)/t12-,14-/m1/s1. The van der Waals surface area contributed by atoms with Crippen molar-refractivity contribution in [3.05, 3.63) is 29.8 Å². The molecule has 22 heavy (non-hydrogen) atoms. The molecule has 3 nitrogen and oxygen atoms in total. The lowest BCUT2D eigenvalue weighted by molar-refractivity contribution is -0.119. The molecule has 1 aromatic carbocycles. The lowest BCUT2D eigenvalue weighted by atomic mass is 9.86. The van der Waals surface area contributed by atoms with Crippen LogP contribution in [0.5, 0.6) is 0 Å². The smallest absolute Gasteiger partial charge is 0.230 e.